The Morgan fingerprint density at radius 2 is 1.60 bits per heavy atom. The first-order valence-electron chi connectivity index (χ1n) is 7.81. The molecule has 0 radical (unpaired) electrons. The molecule has 0 saturated heterocycles. The number of primary amides is 1. The van der Waals surface area contributed by atoms with Crippen molar-refractivity contribution >= 4 is 5.91 Å². The Labute approximate surface area is 125 Å². The maximum atomic E-state index is 10.7. The Morgan fingerprint density at radius 3 is 2.10 bits per heavy atom. The molecular formula is C18H33NO. The molecule has 0 fully saturated rings. The lowest BCUT2D eigenvalue weighted by Crippen LogP contribution is -2.29. The van der Waals surface area contributed by atoms with Gasteiger partial charge in [0.2, 0.25) is 5.91 Å². The minimum Gasteiger partial charge on any atom is -0.369 e. The van der Waals surface area contributed by atoms with Crippen molar-refractivity contribution in [2.45, 2.75) is 74.1 Å². The molecule has 0 aromatic heterocycles. The highest BCUT2D eigenvalue weighted by atomic mass is 16.1. The molecule has 0 spiro atoms. The third kappa shape index (κ3) is 5.15. The molecular weight excluding hydrogens is 246 g/mol. The van der Waals surface area contributed by atoms with E-state index in [0.717, 1.165) is 6.42 Å². The fourth-order valence-corrected chi connectivity index (χ4v) is 2.71. The van der Waals surface area contributed by atoms with Gasteiger partial charge in [-0.05, 0) is 37.0 Å². The molecule has 0 aromatic carbocycles. The van der Waals surface area contributed by atoms with Gasteiger partial charge in [0.15, 0.2) is 0 Å². The molecule has 0 unspecified atom stereocenters. The summed E-state index contributed by atoms with van der Waals surface area (Å²) in [6, 6.07) is 0. The fraction of sp³-hybridized carbons (Fsp3) is 0.722. The lowest BCUT2D eigenvalue weighted by molar-refractivity contribution is -0.117. The fourth-order valence-electron chi connectivity index (χ4n) is 2.71. The quantitative estimate of drug-likeness (QED) is 0.723. The second-order valence-corrected chi connectivity index (χ2v) is 6.72. The normalized spacial score (nSPS) is 20.6. The Bertz CT molecular complexity index is 386. The molecule has 0 aromatic rings. The van der Waals surface area contributed by atoms with Crippen LogP contribution in [0.4, 0.5) is 0 Å². The van der Waals surface area contributed by atoms with Crippen molar-refractivity contribution in [1.82, 2.24) is 0 Å². The summed E-state index contributed by atoms with van der Waals surface area (Å²) in [4.78, 5) is 10.7. The predicted molar refractivity (Wildman–Crippen MR) is 88.4 cm³/mol. The van der Waals surface area contributed by atoms with Crippen molar-refractivity contribution in [3.8, 4) is 0 Å². The molecule has 2 heteroatoms. The molecule has 0 bridgehead atoms. The van der Waals surface area contributed by atoms with Crippen LogP contribution in [0.15, 0.2) is 23.3 Å². The van der Waals surface area contributed by atoms with Gasteiger partial charge in [-0.2, -0.15) is 0 Å². The second kappa shape index (κ2) is 7.66. The van der Waals surface area contributed by atoms with Gasteiger partial charge in [-0.25, -0.2) is 0 Å². The van der Waals surface area contributed by atoms with Crippen molar-refractivity contribution in [2.75, 3.05) is 0 Å². The van der Waals surface area contributed by atoms with Gasteiger partial charge in [-0.15, -0.1) is 0 Å². The van der Waals surface area contributed by atoms with E-state index in [1.807, 2.05) is 19.9 Å². The number of carbonyl (C=O) groups is 1. The van der Waals surface area contributed by atoms with Crippen LogP contribution in [0, 0.1) is 10.8 Å². The third-order valence-corrected chi connectivity index (χ3v) is 4.47. The number of hydrogen-bond acceptors (Lipinski definition) is 1. The van der Waals surface area contributed by atoms with Crippen LogP contribution in [0.3, 0.4) is 0 Å². The van der Waals surface area contributed by atoms with E-state index in [2.05, 4.69) is 40.7 Å². The molecule has 0 heterocycles. The molecule has 0 atom stereocenters. The van der Waals surface area contributed by atoms with Gasteiger partial charge in [0.05, 0.1) is 0 Å². The SMILES string of the molecule is CC.CC1=C(CC=CCC(N)=O)C(C)(C)CCC1(C)C. The Balaban J connectivity index is 0.00000172. The summed E-state index contributed by atoms with van der Waals surface area (Å²) in [7, 11) is 0. The van der Waals surface area contributed by atoms with Crippen LogP contribution in [-0.2, 0) is 4.79 Å². The lowest BCUT2D eigenvalue weighted by Gasteiger charge is -2.42. The van der Waals surface area contributed by atoms with E-state index in [1.165, 1.54) is 24.0 Å². The standard InChI is InChI=1S/C16H27NO.C2H6/c1-12-13(8-6-7-9-14(17)18)16(4,5)11-10-15(12,2)3;1-2/h6-7H,8-11H2,1-5H3,(H2,17,18);1-2H3. The number of carbonyl (C=O) groups excluding carboxylic acids is 1. The van der Waals surface area contributed by atoms with Gasteiger partial charge < -0.3 is 5.73 Å². The van der Waals surface area contributed by atoms with Crippen LogP contribution in [0.25, 0.3) is 0 Å². The minimum atomic E-state index is -0.264. The number of allylic oxidation sites excluding steroid dienone is 3. The molecule has 0 aliphatic heterocycles. The van der Waals surface area contributed by atoms with Crippen molar-refractivity contribution in [3.63, 3.8) is 0 Å². The van der Waals surface area contributed by atoms with E-state index in [-0.39, 0.29) is 11.3 Å². The molecule has 20 heavy (non-hydrogen) atoms. The zero-order valence-corrected chi connectivity index (χ0v) is 14.5. The first kappa shape index (κ1) is 18.9. The highest BCUT2D eigenvalue weighted by Crippen LogP contribution is 2.49. The first-order valence-corrected chi connectivity index (χ1v) is 7.81. The molecule has 2 N–H and O–H groups in total. The lowest BCUT2D eigenvalue weighted by atomic mass is 9.63. The van der Waals surface area contributed by atoms with Gasteiger partial charge in [0.25, 0.3) is 0 Å². The Hall–Kier alpha value is -1.05. The van der Waals surface area contributed by atoms with Crippen LogP contribution in [0.5, 0.6) is 0 Å². The number of hydrogen-bond donors (Lipinski definition) is 1. The largest absolute Gasteiger partial charge is 0.369 e. The minimum absolute atomic E-state index is 0.264. The third-order valence-electron chi connectivity index (χ3n) is 4.47. The molecule has 0 saturated carbocycles. The van der Waals surface area contributed by atoms with Crippen LogP contribution in [-0.4, -0.2) is 5.91 Å². The van der Waals surface area contributed by atoms with Gasteiger partial charge in [0.1, 0.15) is 0 Å². The average Bonchev–Trinajstić information content (AvgIpc) is 2.36. The summed E-state index contributed by atoms with van der Waals surface area (Å²) in [6.45, 7) is 15.6. The van der Waals surface area contributed by atoms with E-state index in [4.69, 9.17) is 5.73 Å². The van der Waals surface area contributed by atoms with Crippen molar-refractivity contribution in [3.05, 3.63) is 23.3 Å². The van der Waals surface area contributed by atoms with Crippen LogP contribution in [0.1, 0.15) is 74.1 Å². The van der Waals surface area contributed by atoms with E-state index < -0.39 is 0 Å². The zero-order chi connectivity index (χ0) is 16.0. The summed E-state index contributed by atoms with van der Waals surface area (Å²) >= 11 is 0. The van der Waals surface area contributed by atoms with E-state index >= 15 is 0 Å². The zero-order valence-electron chi connectivity index (χ0n) is 14.5. The highest BCUT2D eigenvalue weighted by Gasteiger charge is 2.36. The average molecular weight is 279 g/mol. The summed E-state index contributed by atoms with van der Waals surface area (Å²) in [6.07, 6.45) is 7.75. The van der Waals surface area contributed by atoms with Crippen LogP contribution in [0.2, 0.25) is 0 Å². The van der Waals surface area contributed by atoms with Crippen molar-refractivity contribution in [2.24, 2.45) is 16.6 Å². The predicted octanol–water partition coefficient (Wildman–Crippen LogP) is 5.00. The van der Waals surface area contributed by atoms with Crippen molar-refractivity contribution in [1.29, 1.82) is 0 Å². The molecule has 1 aliphatic carbocycles. The van der Waals surface area contributed by atoms with Gasteiger partial charge in [0, 0.05) is 6.42 Å². The molecule has 1 amide bonds. The molecule has 116 valence electrons. The summed E-state index contributed by atoms with van der Waals surface area (Å²) < 4.78 is 0. The second-order valence-electron chi connectivity index (χ2n) is 6.72. The Kier molecular flexibility index (Phi) is 7.26. The van der Waals surface area contributed by atoms with Crippen molar-refractivity contribution < 1.29 is 4.79 Å². The van der Waals surface area contributed by atoms with E-state index in [0.29, 0.717) is 11.8 Å². The highest BCUT2D eigenvalue weighted by molar-refractivity contribution is 5.75. The number of nitrogens with two attached hydrogens (primary N) is 1. The summed E-state index contributed by atoms with van der Waals surface area (Å²) in [5.74, 6) is -0.264. The smallest absolute Gasteiger partial charge is 0.221 e. The number of rotatable bonds is 4. The number of amides is 1. The Morgan fingerprint density at radius 1 is 1.10 bits per heavy atom. The maximum Gasteiger partial charge on any atom is 0.221 e. The van der Waals surface area contributed by atoms with Crippen LogP contribution >= 0.6 is 0 Å². The first-order chi connectivity index (χ1) is 9.17. The summed E-state index contributed by atoms with van der Waals surface area (Å²) in [5, 5.41) is 0. The van der Waals surface area contributed by atoms with E-state index in [1.54, 1.807) is 0 Å². The van der Waals surface area contributed by atoms with Gasteiger partial charge >= 0.3 is 0 Å². The summed E-state index contributed by atoms with van der Waals surface area (Å²) in [5.41, 5.74) is 8.76. The van der Waals surface area contributed by atoms with Gasteiger partial charge in [-0.3, -0.25) is 4.79 Å². The molecule has 1 aliphatic rings. The molecule has 2 nitrogen and oxygen atoms in total. The van der Waals surface area contributed by atoms with Gasteiger partial charge in [-0.1, -0.05) is 64.8 Å². The maximum absolute atomic E-state index is 10.7. The van der Waals surface area contributed by atoms with Crippen LogP contribution < -0.4 is 5.73 Å². The van der Waals surface area contributed by atoms with E-state index in [9.17, 15) is 4.79 Å². The molecule has 1 rings (SSSR count). The topological polar surface area (TPSA) is 43.1 Å². The monoisotopic (exact) mass is 279 g/mol.